The van der Waals surface area contributed by atoms with Crippen LogP contribution in [0.4, 0.5) is 0 Å². The van der Waals surface area contributed by atoms with Gasteiger partial charge in [0.25, 0.3) is 0 Å². The van der Waals surface area contributed by atoms with Gasteiger partial charge in [0.1, 0.15) is 0 Å². The molecule has 1 N–H and O–H groups in total. The van der Waals surface area contributed by atoms with Crippen molar-refractivity contribution in [2.75, 3.05) is 7.11 Å². The standard InChI is InChI=1S/C14H13NO3/c1-18-14(17)12-6-7-13(15-8-12)11-4-2-10(9-16)3-5-11/h2-8,16H,9H2,1H3. The Balaban J connectivity index is 2.25. The molecule has 0 atom stereocenters. The second-order valence-electron chi connectivity index (χ2n) is 3.78. The normalized spacial score (nSPS) is 10.1. The number of nitrogens with zero attached hydrogens (tertiary/aromatic N) is 1. The van der Waals surface area contributed by atoms with Gasteiger partial charge in [-0.25, -0.2) is 4.79 Å². The third kappa shape index (κ3) is 2.55. The summed E-state index contributed by atoms with van der Waals surface area (Å²) in [4.78, 5) is 15.5. The van der Waals surface area contributed by atoms with Crippen molar-refractivity contribution in [1.82, 2.24) is 4.98 Å². The highest BCUT2D eigenvalue weighted by molar-refractivity contribution is 5.89. The maximum Gasteiger partial charge on any atom is 0.339 e. The third-order valence-electron chi connectivity index (χ3n) is 2.62. The number of carbonyl (C=O) groups is 1. The number of benzene rings is 1. The molecule has 0 aliphatic carbocycles. The highest BCUT2D eigenvalue weighted by Gasteiger charge is 2.06. The molecule has 18 heavy (non-hydrogen) atoms. The molecule has 0 spiro atoms. The van der Waals surface area contributed by atoms with Gasteiger partial charge in [-0.3, -0.25) is 4.98 Å². The van der Waals surface area contributed by atoms with E-state index in [2.05, 4.69) is 9.72 Å². The molecule has 0 bridgehead atoms. The summed E-state index contributed by atoms with van der Waals surface area (Å²) in [7, 11) is 1.34. The molecule has 0 unspecified atom stereocenters. The van der Waals surface area contributed by atoms with Crippen LogP contribution in [-0.4, -0.2) is 23.2 Å². The van der Waals surface area contributed by atoms with Crippen molar-refractivity contribution in [3.05, 3.63) is 53.7 Å². The summed E-state index contributed by atoms with van der Waals surface area (Å²) in [6.07, 6.45) is 1.49. The quantitative estimate of drug-likeness (QED) is 0.838. The number of aliphatic hydroxyl groups excluding tert-OH is 1. The first-order chi connectivity index (χ1) is 8.74. The third-order valence-corrected chi connectivity index (χ3v) is 2.62. The van der Waals surface area contributed by atoms with Gasteiger partial charge in [-0.1, -0.05) is 24.3 Å². The van der Waals surface area contributed by atoms with Crippen molar-refractivity contribution in [1.29, 1.82) is 0 Å². The molecule has 0 saturated heterocycles. The van der Waals surface area contributed by atoms with Crippen LogP contribution in [0.2, 0.25) is 0 Å². The molecule has 4 nitrogen and oxygen atoms in total. The number of hydrogen-bond donors (Lipinski definition) is 1. The second-order valence-corrected chi connectivity index (χ2v) is 3.78. The van der Waals surface area contributed by atoms with E-state index in [1.807, 2.05) is 24.3 Å². The van der Waals surface area contributed by atoms with Crippen LogP contribution in [-0.2, 0) is 11.3 Å². The lowest BCUT2D eigenvalue weighted by Crippen LogP contribution is -2.01. The number of ether oxygens (including phenoxy) is 1. The van der Waals surface area contributed by atoms with E-state index < -0.39 is 5.97 Å². The fourth-order valence-corrected chi connectivity index (χ4v) is 1.58. The van der Waals surface area contributed by atoms with E-state index in [1.165, 1.54) is 13.3 Å². The number of aliphatic hydroxyl groups is 1. The Labute approximate surface area is 105 Å². The predicted octanol–water partition coefficient (Wildman–Crippen LogP) is 2.03. The Bertz CT molecular complexity index is 532. The number of esters is 1. The minimum atomic E-state index is -0.398. The molecule has 92 valence electrons. The van der Waals surface area contributed by atoms with Gasteiger partial charge in [0.15, 0.2) is 0 Å². The summed E-state index contributed by atoms with van der Waals surface area (Å²) in [5.41, 5.74) is 2.98. The Morgan fingerprint density at radius 3 is 2.44 bits per heavy atom. The van der Waals surface area contributed by atoms with E-state index in [4.69, 9.17) is 5.11 Å². The maximum absolute atomic E-state index is 11.3. The fourth-order valence-electron chi connectivity index (χ4n) is 1.58. The van der Waals surface area contributed by atoms with E-state index in [-0.39, 0.29) is 6.61 Å². The van der Waals surface area contributed by atoms with Gasteiger partial charge in [0.05, 0.1) is 25.0 Å². The zero-order valence-electron chi connectivity index (χ0n) is 9.96. The minimum absolute atomic E-state index is 0.0228. The maximum atomic E-state index is 11.3. The largest absolute Gasteiger partial charge is 0.465 e. The predicted molar refractivity (Wildman–Crippen MR) is 66.9 cm³/mol. The molecule has 2 aromatic rings. The van der Waals surface area contributed by atoms with Crippen molar-refractivity contribution >= 4 is 5.97 Å². The lowest BCUT2D eigenvalue weighted by molar-refractivity contribution is 0.0600. The number of rotatable bonds is 3. The summed E-state index contributed by atoms with van der Waals surface area (Å²) in [6.45, 7) is 0.0228. The lowest BCUT2D eigenvalue weighted by Gasteiger charge is -2.03. The van der Waals surface area contributed by atoms with Crippen molar-refractivity contribution in [2.45, 2.75) is 6.61 Å². The zero-order valence-corrected chi connectivity index (χ0v) is 9.96. The second kappa shape index (κ2) is 5.42. The molecule has 0 amide bonds. The summed E-state index contributed by atoms with van der Waals surface area (Å²) in [6, 6.07) is 10.9. The molecular weight excluding hydrogens is 230 g/mol. The molecule has 0 aliphatic rings. The monoisotopic (exact) mass is 243 g/mol. The van der Waals surface area contributed by atoms with Crippen LogP contribution in [0.1, 0.15) is 15.9 Å². The fraction of sp³-hybridized carbons (Fsp3) is 0.143. The van der Waals surface area contributed by atoms with Crippen LogP contribution in [0.15, 0.2) is 42.6 Å². The van der Waals surface area contributed by atoms with E-state index in [0.29, 0.717) is 5.56 Å². The molecule has 2 rings (SSSR count). The average Bonchev–Trinajstić information content (AvgIpc) is 2.47. The molecule has 1 heterocycles. The van der Waals surface area contributed by atoms with E-state index in [9.17, 15) is 4.79 Å². The van der Waals surface area contributed by atoms with E-state index in [1.54, 1.807) is 12.1 Å². The first-order valence-electron chi connectivity index (χ1n) is 5.49. The molecule has 0 fully saturated rings. The first kappa shape index (κ1) is 12.3. The van der Waals surface area contributed by atoms with Crippen molar-refractivity contribution < 1.29 is 14.6 Å². The van der Waals surface area contributed by atoms with Crippen LogP contribution in [0, 0.1) is 0 Å². The van der Waals surface area contributed by atoms with Crippen LogP contribution in [0.3, 0.4) is 0 Å². The van der Waals surface area contributed by atoms with Gasteiger partial charge in [0.2, 0.25) is 0 Å². The summed E-state index contributed by atoms with van der Waals surface area (Å²) < 4.78 is 4.61. The average molecular weight is 243 g/mol. The topological polar surface area (TPSA) is 59.4 Å². The minimum Gasteiger partial charge on any atom is -0.465 e. The summed E-state index contributed by atoms with van der Waals surface area (Å²) in [5.74, 6) is -0.398. The lowest BCUT2D eigenvalue weighted by atomic mass is 10.1. The number of aromatic nitrogens is 1. The van der Waals surface area contributed by atoms with Crippen LogP contribution in [0.25, 0.3) is 11.3 Å². The number of carbonyl (C=O) groups excluding carboxylic acids is 1. The molecule has 0 saturated carbocycles. The Morgan fingerprint density at radius 1 is 1.22 bits per heavy atom. The Kier molecular flexibility index (Phi) is 3.69. The highest BCUT2D eigenvalue weighted by atomic mass is 16.5. The van der Waals surface area contributed by atoms with Gasteiger partial charge in [-0.15, -0.1) is 0 Å². The zero-order chi connectivity index (χ0) is 13.0. The highest BCUT2D eigenvalue weighted by Crippen LogP contribution is 2.18. The first-order valence-corrected chi connectivity index (χ1v) is 5.49. The molecule has 4 heteroatoms. The molecule has 0 aliphatic heterocycles. The van der Waals surface area contributed by atoms with Crippen LogP contribution < -0.4 is 0 Å². The SMILES string of the molecule is COC(=O)c1ccc(-c2ccc(CO)cc2)nc1. The van der Waals surface area contributed by atoms with Crippen molar-refractivity contribution in [3.8, 4) is 11.3 Å². The Morgan fingerprint density at radius 2 is 1.94 bits per heavy atom. The molecule has 1 aromatic carbocycles. The Hall–Kier alpha value is -2.20. The van der Waals surface area contributed by atoms with E-state index >= 15 is 0 Å². The number of hydrogen-bond acceptors (Lipinski definition) is 4. The molecule has 1 aromatic heterocycles. The smallest absolute Gasteiger partial charge is 0.339 e. The van der Waals surface area contributed by atoms with Gasteiger partial charge in [0, 0.05) is 11.8 Å². The van der Waals surface area contributed by atoms with E-state index in [0.717, 1.165) is 16.8 Å². The van der Waals surface area contributed by atoms with Crippen LogP contribution in [0.5, 0.6) is 0 Å². The van der Waals surface area contributed by atoms with Crippen LogP contribution >= 0.6 is 0 Å². The summed E-state index contributed by atoms with van der Waals surface area (Å²) >= 11 is 0. The number of methoxy groups -OCH3 is 1. The van der Waals surface area contributed by atoms with Crippen molar-refractivity contribution in [3.63, 3.8) is 0 Å². The van der Waals surface area contributed by atoms with Crippen molar-refractivity contribution in [2.24, 2.45) is 0 Å². The van der Waals surface area contributed by atoms with Gasteiger partial charge < -0.3 is 9.84 Å². The van der Waals surface area contributed by atoms with Gasteiger partial charge in [-0.05, 0) is 17.7 Å². The van der Waals surface area contributed by atoms with Gasteiger partial charge in [-0.2, -0.15) is 0 Å². The molecule has 0 radical (unpaired) electrons. The number of pyridine rings is 1. The van der Waals surface area contributed by atoms with Gasteiger partial charge >= 0.3 is 5.97 Å². The summed E-state index contributed by atoms with van der Waals surface area (Å²) in [5, 5.41) is 8.96. The molecular formula is C14H13NO3.